The summed E-state index contributed by atoms with van der Waals surface area (Å²) in [6.45, 7) is 6.49. The highest BCUT2D eigenvalue weighted by Crippen LogP contribution is 2.43. The number of benzene rings is 3. The number of fused-ring (bicyclic) bond motifs is 1. The standard InChI is InChI=1S/C24H22O4/c1-14-9-15(2)23(16(3)10-14)18-8-6-5-7-17(18)19-11-21-22(28-13-27-21)12-20(19)24(25)26-4/h5-12H,13H2,1-4H3. The summed E-state index contributed by atoms with van der Waals surface area (Å²) < 4.78 is 16.1. The molecule has 142 valence electrons. The summed E-state index contributed by atoms with van der Waals surface area (Å²) >= 11 is 0. The lowest BCUT2D eigenvalue weighted by Crippen LogP contribution is -2.04. The lowest BCUT2D eigenvalue weighted by molar-refractivity contribution is 0.0601. The molecule has 28 heavy (non-hydrogen) atoms. The van der Waals surface area contributed by atoms with E-state index < -0.39 is 5.97 Å². The highest BCUT2D eigenvalue weighted by atomic mass is 16.7. The number of hydrogen-bond donors (Lipinski definition) is 0. The van der Waals surface area contributed by atoms with Crippen LogP contribution >= 0.6 is 0 Å². The minimum Gasteiger partial charge on any atom is -0.465 e. The molecule has 0 N–H and O–H groups in total. The van der Waals surface area contributed by atoms with Gasteiger partial charge in [-0.05, 0) is 60.7 Å². The summed E-state index contributed by atoms with van der Waals surface area (Å²) in [5, 5.41) is 0. The van der Waals surface area contributed by atoms with E-state index in [4.69, 9.17) is 14.2 Å². The molecule has 0 aromatic heterocycles. The average molecular weight is 374 g/mol. The second-order valence-electron chi connectivity index (χ2n) is 7.06. The van der Waals surface area contributed by atoms with Crippen LogP contribution in [0.3, 0.4) is 0 Å². The third-order valence-corrected chi connectivity index (χ3v) is 5.08. The highest BCUT2D eigenvalue weighted by Gasteiger charge is 2.24. The van der Waals surface area contributed by atoms with Gasteiger partial charge in [-0.1, -0.05) is 42.0 Å². The van der Waals surface area contributed by atoms with Crippen LogP contribution in [-0.2, 0) is 4.74 Å². The molecule has 0 aliphatic carbocycles. The molecule has 0 radical (unpaired) electrons. The average Bonchev–Trinajstić information content (AvgIpc) is 3.13. The number of hydrogen-bond acceptors (Lipinski definition) is 4. The second kappa shape index (κ2) is 7.04. The van der Waals surface area contributed by atoms with Gasteiger partial charge in [-0.25, -0.2) is 4.79 Å². The monoisotopic (exact) mass is 374 g/mol. The van der Waals surface area contributed by atoms with Gasteiger partial charge in [0.25, 0.3) is 0 Å². The van der Waals surface area contributed by atoms with Crippen molar-refractivity contribution in [1.82, 2.24) is 0 Å². The van der Waals surface area contributed by atoms with Crippen molar-refractivity contribution in [2.24, 2.45) is 0 Å². The van der Waals surface area contributed by atoms with Crippen LogP contribution in [-0.4, -0.2) is 19.9 Å². The first-order chi connectivity index (χ1) is 13.5. The highest BCUT2D eigenvalue weighted by molar-refractivity contribution is 6.01. The third-order valence-electron chi connectivity index (χ3n) is 5.08. The molecule has 3 aromatic rings. The van der Waals surface area contributed by atoms with Crippen molar-refractivity contribution in [3.05, 3.63) is 70.8 Å². The zero-order valence-electron chi connectivity index (χ0n) is 16.5. The van der Waals surface area contributed by atoms with E-state index in [1.54, 1.807) is 6.07 Å². The summed E-state index contributed by atoms with van der Waals surface area (Å²) in [5.74, 6) is 0.791. The van der Waals surface area contributed by atoms with E-state index in [2.05, 4.69) is 39.0 Å². The minimum absolute atomic E-state index is 0.150. The Morgan fingerprint density at radius 1 is 0.857 bits per heavy atom. The Labute approximate surface area is 164 Å². The van der Waals surface area contributed by atoms with Crippen LogP contribution in [0.1, 0.15) is 27.0 Å². The fraction of sp³-hybridized carbons (Fsp3) is 0.208. The first-order valence-corrected chi connectivity index (χ1v) is 9.19. The van der Waals surface area contributed by atoms with E-state index in [0.717, 1.165) is 16.7 Å². The van der Waals surface area contributed by atoms with Gasteiger partial charge in [0.05, 0.1) is 12.7 Å². The molecule has 4 heteroatoms. The molecule has 1 heterocycles. The molecule has 1 aliphatic rings. The first-order valence-electron chi connectivity index (χ1n) is 9.19. The Morgan fingerprint density at radius 3 is 2.11 bits per heavy atom. The molecule has 0 atom stereocenters. The summed E-state index contributed by atoms with van der Waals surface area (Å²) in [6.07, 6.45) is 0. The molecule has 0 spiro atoms. The van der Waals surface area contributed by atoms with Crippen molar-refractivity contribution in [2.75, 3.05) is 13.9 Å². The van der Waals surface area contributed by atoms with Crippen LogP contribution in [0.5, 0.6) is 11.5 Å². The van der Waals surface area contributed by atoms with Gasteiger partial charge in [0.2, 0.25) is 6.79 Å². The van der Waals surface area contributed by atoms with Crippen molar-refractivity contribution < 1.29 is 19.0 Å². The summed E-state index contributed by atoms with van der Waals surface area (Å²) in [5.41, 5.74) is 8.06. The molecule has 0 amide bonds. The summed E-state index contributed by atoms with van der Waals surface area (Å²) in [4.78, 5) is 12.5. The van der Waals surface area contributed by atoms with Crippen LogP contribution < -0.4 is 9.47 Å². The van der Waals surface area contributed by atoms with E-state index in [-0.39, 0.29) is 6.79 Å². The molecule has 0 fully saturated rings. The third kappa shape index (κ3) is 3.01. The Balaban J connectivity index is 1.99. The lowest BCUT2D eigenvalue weighted by atomic mass is 9.87. The zero-order valence-corrected chi connectivity index (χ0v) is 16.5. The number of carbonyl (C=O) groups is 1. The smallest absolute Gasteiger partial charge is 0.338 e. The number of esters is 1. The topological polar surface area (TPSA) is 44.8 Å². The zero-order chi connectivity index (χ0) is 19.8. The van der Waals surface area contributed by atoms with Gasteiger partial charge < -0.3 is 14.2 Å². The molecule has 0 bridgehead atoms. The molecule has 4 rings (SSSR count). The Morgan fingerprint density at radius 2 is 1.46 bits per heavy atom. The van der Waals surface area contributed by atoms with Crippen molar-refractivity contribution in [2.45, 2.75) is 20.8 Å². The number of carbonyl (C=O) groups excluding carboxylic acids is 1. The molecule has 3 aromatic carbocycles. The second-order valence-corrected chi connectivity index (χ2v) is 7.06. The lowest BCUT2D eigenvalue weighted by Gasteiger charge is -2.18. The van der Waals surface area contributed by atoms with Crippen LogP contribution in [0.15, 0.2) is 48.5 Å². The van der Waals surface area contributed by atoms with E-state index in [0.29, 0.717) is 17.1 Å². The van der Waals surface area contributed by atoms with Gasteiger partial charge >= 0.3 is 5.97 Å². The number of aryl methyl sites for hydroxylation is 3. The van der Waals surface area contributed by atoms with Gasteiger partial charge in [0.1, 0.15) is 0 Å². The summed E-state index contributed by atoms with van der Waals surface area (Å²) in [6, 6.07) is 16.0. The van der Waals surface area contributed by atoms with Gasteiger partial charge in [0, 0.05) is 5.56 Å². The van der Waals surface area contributed by atoms with Crippen LogP contribution in [0.4, 0.5) is 0 Å². The Kier molecular flexibility index (Phi) is 4.55. The van der Waals surface area contributed by atoms with Gasteiger partial charge in [-0.15, -0.1) is 0 Å². The number of ether oxygens (including phenoxy) is 3. The maximum atomic E-state index is 12.5. The molecular formula is C24H22O4. The maximum Gasteiger partial charge on any atom is 0.338 e. The van der Waals surface area contributed by atoms with Gasteiger partial charge in [-0.2, -0.15) is 0 Å². The molecule has 0 saturated heterocycles. The molecule has 1 aliphatic heterocycles. The number of rotatable bonds is 3. The van der Waals surface area contributed by atoms with E-state index in [1.165, 1.54) is 29.4 Å². The quantitative estimate of drug-likeness (QED) is 0.571. The Hall–Kier alpha value is -3.27. The Bertz CT molecular complexity index is 1060. The predicted octanol–water partition coefficient (Wildman–Crippen LogP) is 5.46. The normalized spacial score (nSPS) is 12.1. The fourth-order valence-corrected chi connectivity index (χ4v) is 3.98. The first kappa shape index (κ1) is 18.1. The minimum atomic E-state index is -0.402. The summed E-state index contributed by atoms with van der Waals surface area (Å²) in [7, 11) is 1.39. The van der Waals surface area contributed by atoms with E-state index in [9.17, 15) is 4.79 Å². The van der Waals surface area contributed by atoms with Crippen molar-refractivity contribution in [3.63, 3.8) is 0 Å². The predicted molar refractivity (Wildman–Crippen MR) is 109 cm³/mol. The van der Waals surface area contributed by atoms with Gasteiger partial charge in [0.15, 0.2) is 11.5 Å². The molecule has 0 unspecified atom stereocenters. The molecule has 0 saturated carbocycles. The van der Waals surface area contributed by atoms with Crippen LogP contribution in [0, 0.1) is 20.8 Å². The van der Waals surface area contributed by atoms with E-state index >= 15 is 0 Å². The van der Waals surface area contributed by atoms with Crippen LogP contribution in [0.25, 0.3) is 22.3 Å². The molecular weight excluding hydrogens is 352 g/mol. The largest absolute Gasteiger partial charge is 0.465 e. The maximum absolute atomic E-state index is 12.5. The number of methoxy groups -OCH3 is 1. The van der Waals surface area contributed by atoms with Crippen molar-refractivity contribution in [3.8, 4) is 33.8 Å². The molecule has 4 nitrogen and oxygen atoms in total. The fourth-order valence-electron chi connectivity index (χ4n) is 3.98. The van der Waals surface area contributed by atoms with Gasteiger partial charge in [-0.3, -0.25) is 0 Å². The van der Waals surface area contributed by atoms with Crippen LogP contribution in [0.2, 0.25) is 0 Å². The van der Waals surface area contributed by atoms with Crippen molar-refractivity contribution in [1.29, 1.82) is 0 Å². The SMILES string of the molecule is COC(=O)c1cc2c(cc1-c1ccccc1-c1c(C)cc(C)cc1C)OCO2. The van der Waals surface area contributed by atoms with E-state index in [1.807, 2.05) is 24.3 Å². The van der Waals surface area contributed by atoms with Crippen molar-refractivity contribution >= 4 is 5.97 Å².